The lowest BCUT2D eigenvalue weighted by molar-refractivity contribution is 0.484. The molecule has 1 heterocycles. The largest absolute Gasteiger partial charge is 0.327 e. The molecule has 90 valence electrons. The van der Waals surface area contributed by atoms with Crippen LogP contribution in [0.3, 0.4) is 0 Å². The van der Waals surface area contributed by atoms with E-state index in [9.17, 15) is 17.2 Å². The van der Waals surface area contributed by atoms with E-state index in [-0.39, 0.29) is 11.7 Å². The van der Waals surface area contributed by atoms with Gasteiger partial charge in [-0.2, -0.15) is 8.42 Å². The van der Waals surface area contributed by atoms with E-state index in [4.69, 9.17) is 0 Å². The smallest absolute Gasteiger partial charge is 0.288 e. The van der Waals surface area contributed by atoms with Crippen molar-refractivity contribution >= 4 is 22.0 Å². The monoisotopic (exact) mass is 258 g/mol. The molecule has 0 radical (unpaired) electrons. The molecule has 0 bridgehead atoms. The minimum absolute atomic E-state index is 0.137. The van der Waals surface area contributed by atoms with E-state index >= 15 is 0 Å². The Hall–Kier alpha value is -1.50. The molecule has 4 nitrogen and oxygen atoms in total. The predicted molar refractivity (Wildman–Crippen MR) is 57.5 cm³/mol. The van der Waals surface area contributed by atoms with E-state index in [1.165, 1.54) is 12.4 Å². The van der Waals surface area contributed by atoms with Gasteiger partial charge in [-0.25, -0.2) is 8.78 Å². The highest BCUT2D eigenvalue weighted by atomic mass is 32.2. The number of anilines is 1. The molecule has 7 heteroatoms. The number of nitrogens with zero attached hydrogens (tertiary/aromatic N) is 2. The minimum Gasteiger partial charge on any atom is -0.327 e. The lowest BCUT2D eigenvalue weighted by Gasteiger charge is -2.25. The summed E-state index contributed by atoms with van der Waals surface area (Å²) in [5.74, 6) is -2.54. The third kappa shape index (κ3) is 1.53. The molecular formula is C10H8F2N2O2S. The number of sulfonamides is 1. The number of hydrogen-bond acceptors (Lipinski definition) is 3. The molecule has 2 aliphatic rings. The molecule has 0 atom stereocenters. The average Bonchev–Trinajstić information content (AvgIpc) is 3.06. The van der Waals surface area contributed by atoms with Crippen LogP contribution < -0.4 is 4.90 Å². The van der Waals surface area contributed by atoms with Crippen molar-refractivity contribution in [3.05, 3.63) is 23.8 Å². The number of halogens is 2. The van der Waals surface area contributed by atoms with E-state index in [1.807, 2.05) is 0 Å². The Morgan fingerprint density at radius 3 is 2.65 bits per heavy atom. The normalized spacial score (nSPS) is 21.4. The second-order valence-corrected chi connectivity index (χ2v) is 5.61. The Balaban J connectivity index is 2.28. The molecule has 0 amide bonds. The van der Waals surface area contributed by atoms with Gasteiger partial charge in [0.1, 0.15) is 6.34 Å². The van der Waals surface area contributed by atoms with Crippen LogP contribution in [0.1, 0.15) is 12.8 Å². The third-order valence-corrected chi connectivity index (χ3v) is 4.09. The second kappa shape index (κ2) is 3.25. The fourth-order valence-corrected chi connectivity index (χ4v) is 2.93. The summed E-state index contributed by atoms with van der Waals surface area (Å²) in [6, 6.07) is 2.34. The van der Waals surface area contributed by atoms with Crippen LogP contribution in [0.2, 0.25) is 0 Å². The van der Waals surface area contributed by atoms with Crippen molar-refractivity contribution in [3.63, 3.8) is 0 Å². The van der Waals surface area contributed by atoms with Crippen molar-refractivity contribution in [3.8, 4) is 0 Å². The average molecular weight is 258 g/mol. The van der Waals surface area contributed by atoms with Gasteiger partial charge in [0.2, 0.25) is 0 Å². The lowest BCUT2D eigenvalue weighted by atomic mass is 10.2. The van der Waals surface area contributed by atoms with Crippen molar-refractivity contribution in [1.29, 1.82) is 0 Å². The highest BCUT2D eigenvalue weighted by Crippen LogP contribution is 2.39. The first-order valence-electron chi connectivity index (χ1n) is 5.07. The SMILES string of the molecule is O=S1(=O)N=CN(C2CC2)c2ccc(F)c(F)c21. The standard InChI is InChI=1S/C10H8F2N2O2S/c11-7-3-4-8-10(9(7)12)17(15,16)13-5-14(8)6-1-2-6/h3-6H,1-2H2. The van der Waals surface area contributed by atoms with E-state index in [0.717, 1.165) is 18.9 Å². The molecule has 1 aromatic carbocycles. The van der Waals surface area contributed by atoms with Crippen molar-refractivity contribution < 1.29 is 17.2 Å². The molecule has 0 saturated heterocycles. The van der Waals surface area contributed by atoms with Crippen LogP contribution in [0.4, 0.5) is 14.5 Å². The molecular weight excluding hydrogens is 250 g/mol. The highest BCUT2D eigenvalue weighted by Gasteiger charge is 2.37. The minimum atomic E-state index is -4.12. The van der Waals surface area contributed by atoms with Gasteiger partial charge in [-0.15, -0.1) is 4.40 Å². The van der Waals surface area contributed by atoms with Gasteiger partial charge in [0.05, 0.1) is 5.69 Å². The molecule has 17 heavy (non-hydrogen) atoms. The zero-order chi connectivity index (χ0) is 12.2. The summed E-state index contributed by atoms with van der Waals surface area (Å²) in [5.41, 5.74) is 0.168. The molecule has 1 aliphatic carbocycles. The molecule has 1 fully saturated rings. The summed E-state index contributed by atoms with van der Waals surface area (Å²) in [5, 5.41) is 0. The molecule has 1 saturated carbocycles. The number of rotatable bonds is 1. The molecule has 0 aromatic heterocycles. The maximum atomic E-state index is 13.6. The van der Waals surface area contributed by atoms with Gasteiger partial charge in [0.15, 0.2) is 16.5 Å². The fraction of sp³-hybridized carbons (Fsp3) is 0.300. The number of hydrogen-bond donors (Lipinski definition) is 0. The van der Waals surface area contributed by atoms with E-state index < -0.39 is 26.6 Å². The first-order chi connectivity index (χ1) is 8.00. The quantitative estimate of drug-likeness (QED) is 0.769. The van der Waals surface area contributed by atoms with Crippen molar-refractivity contribution in [2.75, 3.05) is 4.90 Å². The van der Waals surface area contributed by atoms with Crippen LogP contribution >= 0.6 is 0 Å². The van der Waals surface area contributed by atoms with Gasteiger partial charge >= 0.3 is 0 Å². The molecule has 0 N–H and O–H groups in total. The Morgan fingerprint density at radius 1 is 1.29 bits per heavy atom. The summed E-state index contributed by atoms with van der Waals surface area (Å²) in [4.78, 5) is 0.922. The van der Waals surface area contributed by atoms with Gasteiger partial charge in [0.25, 0.3) is 10.0 Å². The van der Waals surface area contributed by atoms with Crippen LogP contribution in [0.5, 0.6) is 0 Å². The van der Waals surface area contributed by atoms with E-state index in [2.05, 4.69) is 4.40 Å². The summed E-state index contributed by atoms with van der Waals surface area (Å²) >= 11 is 0. The lowest BCUT2D eigenvalue weighted by Crippen LogP contribution is -2.30. The van der Waals surface area contributed by atoms with E-state index in [0.29, 0.717) is 0 Å². The summed E-state index contributed by atoms with van der Waals surface area (Å²) in [6.07, 6.45) is 2.96. The Labute approximate surface area is 96.6 Å². The summed E-state index contributed by atoms with van der Waals surface area (Å²) in [7, 11) is -4.12. The zero-order valence-corrected chi connectivity index (χ0v) is 9.42. The van der Waals surface area contributed by atoms with Crippen molar-refractivity contribution in [2.24, 2.45) is 4.40 Å². The molecule has 0 unspecified atom stereocenters. The molecule has 1 aromatic rings. The van der Waals surface area contributed by atoms with Crippen LogP contribution in [0.15, 0.2) is 21.4 Å². The van der Waals surface area contributed by atoms with Crippen LogP contribution in [-0.4, -0.2) is 20.8 Å². The summed E-state index contributed by atoms with van der Waals surface area (Å²) < 4.78 is 53.2. The maximum Gasteiger partial charge on any atom is 0.288 e. The van der Waals surface area contributed by atoms with Gasteiger partial charge in [-0.05, 0) is 25.0 Å². The number of benzene rings is 1. The molecule has 3 rings (SSSR count). The zero-order valence-electron chi connectivity index (χ0n) is 8.60. The third-order valence-electron chi connectivity index (χ3n) is 2.82. The number of fused-ring (bicyclic) bond motifs is 1. The first-order valence-corrected chi connectivity index (χ1v) is 6.51. The van der Waals surface area contributed by atoms with Gasteiger partial charge in [-0.1, -0.05) is 0 Å². The van der Waals surface area contributed by atoms with Crippen molar-refractivity contribution in [1.82, 2.24) is 0 Å². The maximum absolute atomic E-state index is 13.6. The van der Waals surface area contributed by atoms with Gasteiger partial charge < -0.3 is 4.90 Å². The van der Waals surface area contributed by atoms with Gasteiger partial charge in [-0.3, -0.25) is 0 Å². The van der Waals surface area contributed by atoms with Crippen LogP contribution in [-0.2, 0) is 10.0 Å². The Kier molecular flexibility index (Phi) is 2.04. The highest BCUT2D eigenvalue weighted by molar-refractivity contribution is 7.90. The molecule has 1 aliphatic heterocycles. The first kappa shape index (κ1) is 10.6. The predicted octanol–water partition coefficient (Wildman–Crippen LogP) is 1.66. The van der Waals surface area contributed by atoms with Crippen LogP contribution in [0, 0.1) is 11.6 Å². The molecule has 0 spiro atoms. The summed E-state index contributed by atoms with van der Waals surface area (Å²) in [6.45, 7) is 0. The van der Waals surface area contributed by atoms with Crippen LogP contribution in [0.25, 0.3) is 0 Å². The van der Waals surface area contributed by atoms with Gasteiger partial charge in [0, 0.05) is 6.04 Å². The van der Waals surface area contributed by atoms with Crippen molar-refractivity contribution in [2.45, 2.75) is 23.8 Å². The van der Waals surface area contributed by atoms with E-state index in [1.54, 1.807) is 4.90 Å². The Morgan fingerprint density at radius 2 is 2.00 bits per heavy atom. The topological polar surface area (TPSA) is 49.7 Å². The second-order valence-electron chi connectivity index (χ2n) is 4.04. The fourth-order valence-electron chi connectivity index (χ4n) is 1.84. The Bertz CT molecular complexity index is 623.